The van der Waals surface area contributed by atoms with Crippen LogP contribution in [0.2, 0.25) is 0 Å². The van der Waals surface area contributed by atoms with E-state index in [0.29, 0.717) is 17.8 Å². The van der Waals surface area contributed by atoms with E-state index in [1.54, 1.807) is 24.3 Å². The van der Waals surface area contributed by atoms with Crippen molar-refractivity contribution in [1.29, 1.82) is 0 Å². The molecule has 0 saturated carbocycles. The second-order valence-corrected chi connectivity index (χ2v) is 7.50. The largest absolute Gasteiger partial charge is 0.379 e. The van der Waals surface area contributed by atoms with Gasteiger partial charge >= 0.3 is 0 Å². The van der Waals surface area contributed by atoms with Crippen LogP contribution in [-0.2, 0) is 14.8 Å². The molecule has 1 N–H and O–H groups in total. The predicted molar refractivity (Wildman–Crippen MR) is 89.3 cm³/mol. The van der Waals surface area contributed by atoms with Gasteiger partial charge in [0.25, 0.3) is 5.91 Å². The van der Waals surface area contributed by atoms with E-state index in [0.717, 1.165) is 39.1 Å². The number of benzene rings is 1. The van der Waals surface area contributed by atoms with E-state index in [1.807, 2.05) is 0 Å². The molecule has 1 saturated heterocycles. The van der Waals surface area contributed by atoms with Crippen LogP contribution in [0, 0.1) is 0 Å². The van der Waals surface area contributed by atoms with E-state index in [1.165, 1.54) is 11.4 Å². The van der Waals surface area contributed by atoms with Gasteiger partial charge in [0.1, 0.15) is 0 Å². The number of rotatable bonds is 6. The summed E-state index contributed by atoms with van der Waals surface area (Å²) in [6.45, 7) is 4.63. The van der Waals surface area contributed by atoms with Crippen molar-refractivity contribution in [3.05, 3.63) is 29.8 Å². The van der Waals surface area contributed by atoms with Crippen LogP contribution in [0.4, 0.5) is 5.69 Å². The van der Waals surface area contributed by atoms with E-state index in [9.17, 15) is 13.2 Å². The summed E-state index contributed by atoms with van der Waals surface area (Å²) in [5.41, 5.74) is 1.04. The summed E-state index contributed by atoms with van der Waals surface area (Å²) in [7, 11) is -1.82. The van der Waals surface area contributed by atoms with Crippen LogP contribution < -0.4 is 9.62 Å². The molecule has 2 rings (SSSR count). The maximum Gasteiger partial charge on any atom is 0.251 e. The van der Waals surface area contributed by atoms with Gasteiger partial charge in [-0.05, 0) is 24.3 Å². The van der Waals surface area contributed by atoms with Crippen molar-refractivity contribution < 1.29 is 17.9 Å². The van der Waals surface area contributed by atoms with Crippen LogP contribution in [-0.4, -0.2) is 71.9 Å². The van der Waals surface area contributed by atoms with Crippen molar-refractivity contribution in [2.24, 2.45) is 0 Å². The molecular weight excluding hydrogens is 318 g/mol. The second kappa shape index (κ2) is 7.76. The Bertz CT molecular complexity index is 625. The van der Waals surface area contributed by atoms with Crippen LogP contribution in [0.25, 0.3) is 0 Å². The number of nitrogens with zero attached hydrogens (tertiary/aromatic N) is 2. The van der Waals surface area contributed by atoms with Crippen molar-refractivity contribution >= 4 is 21.6 Å². The van der Waals surface area contributed by atoms with Crippen LogP contribution >= 0.6 is 0 Å². The molecule has 128 valence electrons. The summed E-state index contributed by atoms with van der Waals surface area (Å²) in [5, 5.41) is 2.87. The lowest BCUT2D eigenvalue weighted by Gasteiger charge is -2.26. The minimum atomic E-state index is -3.30. The third-order valence-corrected chi connectivity index (χ3v) is 5.01. The zero-order valence-electron chi connectivity index (χ0n) is 13.5. The Balaban J connectivity index is 1.85. The molecule has 0 unspecified atom stereocenters. The lowest BCUT2D eigenvalue weighted by atomic mass is 10.2. The molecule has 0 aliphatic carbocycles. The minimum absolute atomic E-state index is 0.160. The van der Waals surface area contributed by atoms with Gasteiger partial charge in [0.15, 0.2) is 0 Å². The standard InChI is InChI=1S/C15H23N3O4S/c1-17(23(2,20)21)14-5-3-13(4-6-14)15(19)16-7-8-18-9-11-22-12-10-18/h3-6H,7-12H2,1-2H3,(H,16,19). The van der Waals surface area contributed by atoms with Gasteiger partial charge in [-0.2, -0.15) is 0 Å². The maximum atomic E-state index is 12.1. The molecule has 1 amide bonds. The molecule has 1 aromatic rings. The molecule has 1 aliphatic rings. The number of hydrogen-bond acceptors (Lipinski definition) is 5. The van der Waals surface area contributed by atoms with Crippen LogP contribution in [0.15, 0.2) is 24.3 Å². The zero-order valence-corrected chi connectivity index (χ0v) is 14.3. The van der Waals surface area contributed by atoms with E-state index < -0.39 is 10.0 Å². The third kappa shape index (κ3) is 5.19. The third-order valence-electron chi connectivity index (χ3n) is 3.81. The summed E-state index contributed by atoms with van der Waals surface area (Å²) in [4.78, 5) is 14.3. The number of carbonyl (C=O) groups is 1. The second-order valence-electron chi connectivity index (χ2n) is 5.49. The van der Waals surface area contributed by atoms with Crippen LogP contribution in [0.5, 0.6) is 0 Å². The fourth-order valence-electron chi connectivity index (χ4n) is 2.27. The Morgan fingerprint density at radius 1 is 1.26 bits per heavy atom. The lowest BCUT2D eigenvalue weighted by molar-refractivity contribution is 0.0383. The van der Waals surface area contributed by atoms with Crippen molar-refractivity contribution in [1.82, 2.24) is 10.2 Å². The number of anilines is 1. The smallest absolute Gasteiger partial charge is 0.251 e. The van der Waals surface area contributed by atoms with Gasteiger partial charge in [-0.1, -0.05) is 0 Å². The fraction of sp³-hybridized carbons (Fsp3) is 0.533. The Hall–Kier alpha value is -1.64. The lowest BCUT2D eigenvalue weighted by Crippen LogP contribution is -2.41. The summed E-state index contributed by atoms with van der Waals surface area (Å²) in [6.07, 6.45) is 1.14. The van der Waals surface area contributed by atoms with Crippen molar-refractivity contribution in [2.75, 3.05) is 57.0 Å². The van der Waals surface area contributed by atoms with Gasteiger partial charge in [0.05, 0.1) is 25.2 Å². The molecule has 0 aromatic heterocycles. The van der Waals surface area contributed by atoms with Gasteiger partial charge in [-0.25, -0.2) is 8.42 Å². The Labute approximate surface area is 137 Å². The fourth-order valence-corrected chi connectivity index (χ4v) is 2.77. The molecule has 23 heavy (non-hydrogen) atoms. The molecule has 7 nitrogen and oxygen atoms in total. The van der Waals surface area contributed by atoms with E-state index in [2.05, 4.69) is 10.2 Å². The summed E-state index contributed by atoms with van der Waals surface area (Å²) >= 11 is 0. The molecule has 1 aliphatic heterocycles. The number of hydrogen-bond donors (Lipinski definition) is 1. The first kappa shape index (κ1) is 17.7. The van der Waals surface area contributed by atoms with Crippen molar-refractivity contribution in [3.8, 4) is 0 Å². The topological polar surface area (TPSA) is 79.0 Å². The Morgan fingerprint density at radius 3 is 2.43 bits per heavy atom. The van der Waals surface area contributed by atoms with Gasteiger partial charge in [-0.15, -0.1) is 0 Å². The van der Waals surface area contributed by atoms with Crippen LogP contribution in [0.3, 0.4) is 0 Å². The first-order chi connectivity index (χ1) is 10.9. The molecule has 1 aromatic carbocycles. The molecule has 1 heterocycles. The highest BCUT2D eigenvalue weighted by atomic mass is 32.2. The Kier molecular flexibility index (Phi) is 5.97. The highest BCUT2D eigenvalue weighted by Gasteiger charge is 2.13. The first-order valence-electron chi connectivity index (χ1n) is 7.50. The van der Waals surface area contributed by atoms with E-state index in [4.69, 9.17) is 4.74 Å². The molecular formula is C15H23N3O4S. The van der Waals surface area contributed by atoms with E-state index >= 15 is 0 Å². The molecule has 0 radical (unpaired) electrons. The van der Waals surface area contributed by atoms with Crippen LogP contribution in [0.1, 0.15) is 10.4 Å². The molecule has 8 heteroatoms. The average molecular weight is 341 g/mol. The SMILES string of the molecule is CN(c1ccc(C(=O)NCCN2CCOCC2)cc1)S(C)(=O)=O. The summed E-state index contributed by atoms with van der Waals surface area (Å²) in [6, 6.07) is 6.50. The molecule has 0 bridgehead atoms. The van der Waals surface area contributed by atoms with Crippen molar-refractivity contribution in [2.45, 2.75) is 0 Å². The highest BCUT2D eigenvalue weighted by molar-refractivity contribution is 7.92. The number of ether oxygens (including phenoxy) is 1. The van der Waals surface area contributed by atoms with Gasteiger partial charge in [-0.3, -0.25) is 14.0 Å². The van der Waals surface area contributed by atoms with Gasteiger partial charge < -0.3 is 10.1 Å². The number of morpholine rings is 1. The maximum absolute atomic E-state index is 12.1. The number of nitrogens with one attached hydrogen (secondary N) is 1. The normalized spacial score (nSPS) is 16.1. The molecule has 0 spiro atoms. The van der Waals surface area contributed by atoms with E-state index in [-0.39, 0.29) is 5.91 Å². The first-order valence-corrected chi connectivity index (χ1v) is 9.35. The van der Waals surface area contributed by atoms with Gasteiger partial charge in [0, 0.05) is 38.8 Å². The minimum Gasteiger partial charge on any atom is -0.379 e. The zero-order chi connectivity index (χ0) is 16.9. The highest BCUT2D eigenvalue weighted by Crippen LogP contribution is 2.16. The molecule has 0 atom stereocenters. The van der Waals surface area contributed by atoms with Gasteiger partial charge in [0.2, 0.25) is 10.0 Å². The Morgan fingerprint density at radius 2 is 1.87 bits per heavy atom. The summed E-state index contributed by atoms with van der Waals surface area (Å²) < 4.78 is 29.4. The average Bonchev–Trinajstić information content (AvgIpc) is 2.54. The summed E-state index contributed by atoms with van der Waals surface area (Å²) in [5.74, 6) is -0.160. The predicted octanol–water partition coefficient (Wildman–Crippen LogP) is 0.144. The quantitative estimate of drug-likeness (QED) is 0.796. The number of carbonyl (C=O) groups excluding carboxylic acids is 1. The number of amides is 1. The molecule has 1 fully saturated rings. The van der Waals surface area contributed by atoms with Crippen molar-refractivity contribution in [3.63, 3.8) is 0 Å². The number of sulfonamides is 1. The monoisotopic (exact) mass is 341 g/mol.